The van der Waals surface area contributed by atoms with Crippen LogP contribution in [0, 0.1) is 19.7 Å². The molecule has 4 heteroatoms. The zero-order valence-corrected chi connectivity index (χ0v) is 10.9. The van der Waals surface area contributed by atoms with E-state index in [2.05, 4.69) is 5.10 Å². The Kier molecular flexibility index (Phi) is 3.65. The minimum absolute atomic E-state index is 0.211. The second kappa shape index (κ2) is 5.21. The van der Waals surface area contributed by atoms with Crippen LogP contribution in [0.1, 0.15) is 23.9 Å². The van der Waals surface area contributed by atoms with Crippen molar-refractivity contribution in [1.29, 1.82) is 0 Å². The number of aryl methyl sites for hydroxylation is 3. The second-order valence-electron chi connectivity index (χ2n) is 4.29. The predicted octanol–water partition coefficient (Wildman–Crippen LogP) is 3.24. The number of halogens is 1. The summed E-state index contributed by atoms with van der Waals surface area (Å²) in [4.78, 5) is 0. The van der Waals surface area contributed by atoms with Gasteiger partial charge in [0.05, 0.1) is 11.4 Å². The molecule has 0 atom stereocenters. The maximum absolute atomic E-state index is 13.1. The molecule has 0 saturated carbocycles. The van der Waals surface area contributed by atoms with Gasteiger partial charge >= 0.3 is 0 Å². The van der Waals surface area contributed by atoms with E-state index in [-0.39, 0.29) is 5.82 Å². The number of rotatable bonds is 4. The van der Waals surface area contributed by atoms with Gasteiger partial charge in [-0.2, -0.15) is 5.10 Å². The smallest absolute Gasteiger partial charge is 0.130 e. The molecule has 0 amide bonds. The molecule has 0 aliphatic heterocycles. The van der Waals surface area contributed by atoms with Gasteiger partial charge in [0, 0.05) is 6.54 Å². The highest BCUT2D eigenvalue weighted by Gasteiger charge is 2.05. The Morgan fingerprint density at radius 2 is 2.06 bits per heavy atom. The number of benzene rings is 1. The average Bonchev–Trinajstić information content (AvgIpc) is 2.71. The molecule has 0 radical (unpaired) electrons. The maximum atomic E-state index is 13.1. The van der Waals surface area contributed by atoms with Gasteiger partial charge in [0.25, 0.3) is 0 Å². The molecule has 1 aromatic heterocycles. The van der Waals surface area contributed by atoms with Crippen LogP contribution in [-0.2, 0) is 13.2 Å². The van der Waals surface area contributed by atoms with Crippen LogP contribution < -0.4 is 4.74 Å². The maximum Gasteiger partial charge on any atom is 0.130 e. The molecule has 0 bridgehead atoms. The molecular formula is C14H17FN2O. The number of hydrogen-bond donors (Lipinski definition) is 0. The van der Waals surface area contributed by atoms with E-state index in [0.717, 1.165) is 17.9 Å². The third-order valence-electron chi connectivity index (χ3n) is 2.80. The zero-order chi connectivity index (χ0) is 13.1. The Bertz CT molecular complexity index is 549. The monoisotopic (exact) mass is 248 g/mol. The fourth-order valence-corrected chi connectivity index (χ4v) is 1.85. The third-order valence-corrected chi connectivity index (χ3v) is 2.80. The fraction of sp³-hybridized carbons (Fsp3) is 0.357. The van der Waals surface area contributed by atoms with Crippen LogP contribution in [0.4, 0.5) is 4.39 Å². The molecule has 3 nitrogen and oxygen atoms in total. The van der Waals surface area contributed by atoms with Crippen molar-refractivity contribution in [1.82, 2.24) is 9.78 Å². The van der Waals surface area contributed by atoms with E-state index in [1.807, 2.05) is 24.6 Å². The Balaban J connectivity index is 2.08. The van der Waals surface area contributed by atoms with Crippen LogP contribution >= 0.6 is 0 Å². The zero-order valence-electron chi connectivity index (χ0n) is 10.9. The Hall–Kier alpha value is -1.84. The predicted molar refractivity (Wildman–Crippen MR) is 68.1 cm³/mol. The molecule has 1 aromatic carbocycles. The quantitative estimate of drug-likeness (QED) is 0.830. The number of hydrogen-bond acceptors (Lipinski definition) is 2. The summed E-state index contributed by atoms with van der Waals surface area (Å²) in [5.41, 5.74) is 2.59. The first-order valence-electron chi connectivity index (χ1n) is 6.02. The Morgan fingerprint density at radius 3 is 2.72 bits per heavy atom. The van der Waals surface area contributed by atoms with Gasteiger partial charge in [-0.1, -0.05) is 0 Å². The first kappa shape index (κ1) is 12.6. The van der Waals surface area contributed by atoms with Gasteiger partial charge in [-0.25, -0.2) is 4.39 Å². The lowest BCUT2D eigenvalue weighted by atomic mass is 10.2. The summed E-state index contributed by atoms with van der Waals surface area (Å²) < 4.78 is 20.7. The molecule has 0 unspecified atom stereocenters. The molecule has 0 aliphatic carbocycles. The van der Waals surface area contributed by atoms with Crippen LogP contribution in [0.5, 0.6) is 5.75 Å². The van der Waals surface area contributed by atoms with Crippen molar-refractivity contribution in [2.45, 2.75) is 33.9 Å². The minimum atomic E-state index is -0.211. The molecule has 1 heterocycles. The van der Waals surface area contributed by atoms with Gasteiger partial charge in [0.1, 0.15) is 18.2 Å². The topological polar surface area (TPSA) is 27.1 Å². The van der Waals surface area contributed by atoms with E-state index < -0.39 is 0 Å². The lowest BCUT2D eigenvalue weighted by Crippen LogP contribution is -2.06. The SMILES string of the molecule is CCn1nc(C)cc1COc1ccc(F)c(C)c1. The van der Waals surface area contributed by atoms with Crippen molar-refractivity contribution >= 4 is 0 Å². The van der Waals surface area contributed by atoms with Gasteiger partial charge in [0.2, 0.25) is 0 Å². The van der Waals surface area contributed by atoms with Crippen LogP contribution in [0.3, 0.4) is 0 Å². The second-order valence-corrected chi connectivity index (χ2v) is 4.29. The first-order valence-corrected chi connectivity index (χ1v) is 6.02. The third kappa shape index (κ3) is 2.70. The first-order chi connectivity index (χ1) is 8.60. The highest BCUT2D eigenvalue weighted by molar-refractivity contribution is 5.29. The van der Waals surface area contributed by atoms with Gasteiger partial charge in [-0.15, -0.1) is 0 Å². The van der Waals surface area contributed by atoms with Crippen molar-refractivity contribution in [3.8, 4) is 5.75 Å². The fourth-order valence-electron chi connectivity index (χ4n) is 1.85. The van der Waals surface area contributed by atoms with Crippen molar-refractivity contribution in [2.24, 2.45) is 0 Å². The lowest BCUT2D eigenvalue weighted by molar-refractivity contribution is 0.292. The molecule has 0 spiro atoms. The average molecular weight is 248 g/mol. The highest BCUT2D eigenvalue weighted by atomic mass is 19.1. The Labute approximate surface area is 106 Å². The van der Waals surface area contributed by atoms with E-state index in [0.29, 0.717) is 17.9 Å². The molecule has 0 saturated heterocycles. The molecule has 0 fully saturated rings. The summed E-state index contributed by atoms with van der Waals surface area (Å²) in [5, 5.41) is 4.35. The number of aromatic nitrogens is 2. The van der Waals surface area contributed by atoms with Crippen LogP contribution in [0.15, 0.2) is 24.3 Å². The van der Waals surface area contributed by atoms with Gasteiger partial charge < -0.3 is 4.74 Å². The molecule has 2 aromatic rings. The van der Waals surface area contributed by atoms with Crippen LogP contribution in [0.2, 0.25) is 0 Å². The molecular weight excluding hydrogens is 231 g/mol. The summed E-state index contributed by atoms with van der Waals surface area (Å²) in [6.07, 6.45) is 0. The van der Waals surface area contributed by atoms with Gasteiger partial charge in [0.15, 0.2) is 0 Å². The lowest BCUT2D eigenvalue weighted by Gasteiger charge is -2.08. The summed E-state index contributed by atoms with van der Waals surface area (Å²) in [6.45, 7) is 6.98. The van der Waals surface area contributed by atoms with Crippen LogP contribution in [-0.4, -0.2) is 9.78 Å². The number of nitrogens with zero attached hydrogens (tertiary/aromatic N) is 2. The summed E-state index contributed by atoms with van der Waals surface area (Å²) in [5.74, 6) is 0.465. The highest BCUT2D eigenvalue weighted by Crippen LogP contribution is 2.17. The van der Waals surface area contributed by atoms with Crippen molar-refractivity contribution in [3.63, 3.8) is 0 Å². The summed E-state index contributed by atoms with van der Waals surface area (Å²) >= 11 is 0. The van der Waals surface area contributed by atoms with Crippen LogP contribution in [0.25, 0.3) is 0 Å². The molecule has 2 rings (SSSR count). The molecule has 18 heavy (non-hydrogen) atoms. The largest absolute Gasteiger partial charge is 0.487 e. The standard InChI is InChI=1S/C14H17FN2O/c1-4-17-12(8-11(3)16-17)9-18-13-5-6-14(15)10(2)7-13/h5-8H,4,9H2,1-3H3. The minimum Gasteiger partial charge on any atom is -0.487 e. The van der Waals surface area contributed by atoms with E-state index >= 15 is 0 Å². The van der Waals surface area contributed by atoms with Gasteiger partial charge in [-0.3, -0.25) is 4.68 Å². The summed E-state index contributed by atoms with van der Waals surface area (Å²) in [6, 6.07) is 6.77. The molecule has 0 N–H and O–H groups in total. The molecule has 0 aliphatic rings. The molecule has 96 valence electrons. The van der Waals surface area contributed by atoms with E-state index in [4.69, 9.17) is 4.74 Å². The van der Waals surface area contributed by atoms with Crippen molar-refractivity contribution in [2.75, 3.05) is 0 Å². The Morgan fingerprint density at radius 1 is 1.28 bits per heavy atom. The van der Waals surface area contributed by atoms with Crippen molar-refractivity contribution in [3.05, 3.63) is 47.0 Å². The van der Waals surface area contributed by atoms with E-state index in [1.165, 1.54) is 6.07 Å². The van der Waals surface area contributed by atoms with Gasteiger partial charge in [-0.05, 0) is 50.6 Å². The van der Waals surface area contributed by atoms with Crippen molar-refractivity contribution < 1.29 is 9.13 Å². The van der Waals surface area contributed by atoms with E-state index in [1.54, 1.807) is 19.1 Å². The van der Waals surface area contributed by atoms with E-state index in [9.17, 15) is 4.39 Å². The number of ether oxygens (including phenoxy) is 1. The summed E-state index contributed by atoms with van der Waals surface area (Å²) in [7, 11) is 0. The normalized spacial score (nSPS) is 10.7.